The number of anilines is 1. The molecule has 4 nitrogen and oxygen atoms in total. The number of aromatic nitrogens is 2. The van der Waals surface area contributed by atoms with Gasteiger partial charge in [0.1, 0.15) is 6.33 Å². The maximum Gasteiger partial charge on any atom is 0.257 e. The molecule has 0 atom stereocenters. The highest BCUT2D eigenvalue weighted by Crippen LogP contribution is 2.21. The summed E-state index contributed by atoms with van der Waals surface area (Å²) in [6.45, 7) is 0. The molecular formula is C11H7BrClN3O. The second kappa shape index (κ2) is 5.25. The number of carbonyl (C=O) groups is 1. The van der Waals surface area contributed by atoms with Crippen molar-refractivity contribution >= 4 is 39.1 Å². The van der Waals surface area contributed by atoms with Crippen molar-refractivity contribution in [3.8, 4) is 0 Å². The Morgan fingerprint density at radius 1 is 1.29 bits per heavy atom. The molecule has 0 aliphatic rings. The summed E-state index contributed by atoms with van der Waals surface area (Å²) in [6.07, 6.45) is 4.41. The summed E-state index contributed by atoms with van der Waals surface area (Å²) in [7, 11) is 0. The second-order valence-electron chi connectivity index (χ2n) is 3.21. The average Bonchev–Trinajstić information content (AvgIpc) is 2.33. The van der Waals surface area contributed by atoms with Crippen LogP contribution in [0.25, 0.3) is 0 Å². The molecule has 0 aliphatic carbocycles. The zero-order chi connectivity index (χ0) is 12.3. The van der Waals surface area contributed by atoms with Crippen molar-refractivity contribution in [2.24, 2.45) is 0 Å². The van der Waals surface area contributed by atoms with E-state index in [4.69, 9.17) is 11.6 Å². The van der Waals surface area contributed by atoms with E-state index in [-0.39, 0.29) is 5.91 Å². The first kappa shape index (κ1) is 12.0. The predicted molar refractivity (Wildman–Crippen MR) is 69.1 cm³/mol. The van der Waals surface area contributed by atoms with E-state index in [1.807, 2.05) is 0 Å². The second-order valence-corrected chi connectivity index (χ2v) is 4.53. The monoisotopic (exact) mass is 311 g/mol. The predicted octanol–water partition coefficient (Wildman–Crippen LogP) is 3.14. The Kier molecular flexibility index (Phi) is 3.71. The van der Waals surface area contributed by atoms with E-state index in [9.17, 15) is 4.79 Å². The molecule has 2 rings (SSSR count). The SMILES string of the molecule is O=C(Nc1cncnc1)c1cc(Br)ccc1Cl. The van der Waals surface area contributed by atoms with Gasteiger partial charge in [0.15, 0.2) is 0 Å². The van der Waals surface area contributed by atoms with Crippen molar-refractivity contribution in [1.29, 1.82) is 0 Å². The minimum atomic E-state index is -0.300. The van der Waals surface area contributed by atoms with Gasteiger partial charge < -0.3 is 5.32 Å². The largest absolute Gasteiger partial charge is 0.319 e. The third-order valence-electron chi connectivity index (χ3n) is 1.99. The molecule has 0 saturated heterocycles. The number of halogens is 2. The molecule has 1 N–H and O–H groups in total. The van der Waals surface area contributed by atoms with Crippen molar-refractivity contribution in [3.05, 3.63) is 52.0 Å². The number of amides is 1. The third kappa shape index (κ3) is 3.01. The first-order valence-corrected chi connectivity index (χ1v) is 5.85. The van der Waals surface area contributed by atoms with Gasteiger partial charge in [-0.2, -0.15) is 0 Å². The molecule has 0 fully saturated rings. The highest BCUT2D eigenvalue weighted by atomic mass is 79.9. The lowest BCUT2D eigenvalue weighted by Crippen LogP contribution is -2.12. The lowest BCUT2D eigenvalue weighted by molar-refractivity contribution is 0.102. The number of benzene rings is 1. The number of rotatable bonds is 2. The minimum Gasteiger partial charge on any atom is -0.319 e. The molecule has 1 amide bonds. The van der Waals surface area contributed by atoms with Crippen LogP contribution in [0.5, 0.6) is 0 Å². The third-order valence-corrected chi connectivity index (χ3v) is 2.81. The number of hydrogen-bond acceptors (Lipinski definition) is 3. The summed E-state index contributed by atoms with van der Waals surface area (Å²) in [5.41, 5.74) is 0.915. The van der Waals surface area contributed by atoms with Crippen LogP contribution in [0.2, 0.25) is 5.02 Å². The van der Waals surface area contributed by atoms with Crippen molar-refractivity contribution in [1.82, 2.24) is 9.97 Å². The van der Waals surface area contributed by atoms with Crippen molar-refractivity contribution < 1.29 is 4.79 Å². The summed E-state index contributed by atoms with van der Waals surface area (Å²) in [6, 6.07) is 5.08. The quantitative estimate of drug-likeness (QED) is 0.927. The zero-order valence-electron chi connectivity index (χ0n) is 8.52. The number of nitrogens with zero attached hydrogens (tertiary/aromatic N) is 2. The van der Waals surface area contributed by atoms with Crippen LogP contribution in [-0.2, 0) is 0 Å². The highest BCUT2D eigenvalue weighted by molar-refractivity contribution is 9.10. The van der Waals surface area contributed by atoms with Gasteiger partial charge in [0, 0.05) is 4.47 Å². The van der Waals surface area contributed by atoms with Crippen LogP contribution in [0.15, 0.2) is 41.4 Å². The Morgan fingerprint density at radius 3 is 2.71 bits per heavy atom. The van der Waals surface area contributed by atoms with Gasteiger partial charge in [-0.1, -0.05) is 27.5 Å². The molecule has 1 aromatic carbocycles. The average molecular weight is 313 g/mol. The molecule has 6 heteroatoms. The summed E-state index contributed by atoms with van der Waals surface area (Å²) in [5.74, 6) is -0.300. The number of carbonyl (C=O) groups excluding carboxylic acids is 1. The topological polar surface area (TPSA) is 54.9 Å². The van der Waals surface area contributed by atoms with Crippen LogP contribution in [0, 0.1) is 0 Å². The molecule has 0 bridgehead atoms. The maximum atomic E-state index is 11.9. The summed E-state index contributed by atoms with van der Waals surface area (Å²) in [4.78, 5) is 19.5. The Balaban J connectivity index is 2.23. The Morgan fingerprint density at radius 2 is 2.00 bits per heavy atom. The first-order chi connectivity index (χ1) is 8.16. The van der Waals surface area contributed by atoms with E-state index in [1.165, 1.54) is 18.7 Å². The lowest BCUT2D eigenvalue weighted by Gasteiger charge is -2.06. The smallest absolute Gasteiger partial charge is 0.257 e. The normalized spacial score (nSPS) is 10.0. The molecular weight excluding hydrogens is 305 g/mol. The van der Waals surface area contributed by atoms with Crippen LogP contribution < -0.4 is 5.32 Å². The molecule has 17 heavy (non-hydrogen) atoms. The zero-order valence-corrected chi connectivity index (χ0v) is 10.9. The highest BCUT2D eigenvalue weighted by Gasteiger charge is 2.11. The molecule has 1 heterocycles. The van der Waals surface area contributed by atoms with Gasteiger partial charge >= 0.3 is 0 Å². The van der Waals surface area contributed by atoms with Crippen LogP contribution in [0.3, 0.4) is 0 Å². The van der Waals surface area contributed by atoms with E-state index >= 15 is 0 Å². The molecule has 0 radical (unpaired) electrons. The van der Waals surface area contributed by atoms with E-state index in [0.29, 0.717) is 16.3 Å². The standard InChI is InChI=1S/C11H7BrClN3O/c12-7-1-2-10(13)9(3-7)11(17)16-8-4-14-6-15-5-8/h1-6H,(H,16,17). The van der Waals surface area contributed by atoms with Gasteiger partial charge in [-0.3, -0.25) is 4.79 Å². The van der Waals surface area contributed by atoms with Crippen LogP contribution >= 0.6 is 27.5 Å². The Hall–Kier alpha value is -1.46. The number of nitrogens with one attached hydrogen (secondary N) is 1. The summed E-state index contributed by atoms with van der Waals surface area (Å²) < 4.78 is 0.788. The molecule has 0 spiro atoms. The van der Waals surface area contributed by atoms with E-state index < -0.39 is 0 Å². The molecule has 1 aromatic heterocycles. The van der Waals surface area contributed by atoms with Gasteiger partial charge in [0.2, 0.25) is 0 Å². The molecule has 0 aliphatic heterocycles. The summed E-state index contributed by atoms with van der Waals surface area (Å²) in [5, 5.41) is 3.05. The summed E-state index contributed by atoms with van der Waals surface area (Å²) >= 11 is 9.23. The fraction of sp³-hybridized carbons (Fsp3) is 0. The Bertz CT molecular complexity index is 548. The van der Waals surface area contributed by atoms with Gasteiger partial charge in [-0.15, -0.1) is 0 Å². The van der Waals surface area contributed by atoms with E-state index in [1.54, 1.807) is 18.2 Å². The maximum absolute atomic E-state index is 11.9. The molecule has 2 aromatic rings. The molecule has 0 saturated carbocycles. The van der Waals surface area contributed by atoms with Crippen LogP contribution in [0.4, 0.5) is 5.69 Å². The van der Waals surface area contributed by atoms with Crippen molar-refractivity contribution in [2.75, 3.05) is 5.32 Å². The van der Waals surface area contributed by atoms with E-state index in [0.717, 1.165) is 4.47 Å². The Labute approximate surface area is 111 Å². The van der Waals surface area contributed by atoms with Crippen molar-refractivity contribution in [2.45, 2.75) is 0 Å². The van der Waals surface area contributed by atoms with Crippen LogP contribution in [-0.4, -0.2) is 15.9 Å². The first-order valence-electron chi connectivity index (χ1n) is 4.68. The number of hydrogen-bond donors (Lipinski definition) is 1. The fourth-order valence-corrected chi connectivity index (χ4v) is 1.80. The van der Waals surface area contributed by atoms with Gasteiger partial charge in [-0.25, -0.2) is 9.97 Å². The minimum absolute atomic E-state index is 0.300. The van der Waals surface area contributed by atoms with Crippen LogP contribution in [0.1, 0.15) is 10.4 Å². The lowest BCUT2D eigenvalue weighted by atomic mass is 10.2. The molecule has 86 valence electrons. The van der Waals surface area contributed by atoms with Gasteiger partial charge in [-0.05, 0) is 18.2 Å². The van der Waals surface area contributed by atoms with Gasteiger partial charge in [0.25, 0.3) is 5.91 Å². The van der Waals surface area contributed by atoms with E-state index in [2.05, 4.69) is 31.2 Å². The fourth-order valence-electron chi connectivity index (χ4n) is 1.23. The molecule has 0 unspecified atom stereocenters. The van der Waals surface area contributed by atoms with Gasteiger partial charge in [0.05, 0.1) is 28.7 Å². The van der Waals surface area contributed by atoms with Crippen molar-refractivity contribution in [3.63, 3.8) is 0 Å².